The van der Waals surface area contributed by atoms with Crippen LogP contribution in [0, 0.1) is 0 Å². The van der Waals surface area contributed by atoms with Crippen molar-refractivity contribution < 1.29 is 20.1 Å². The average Bonchev–Trinajstić information content (AvgIpc) is 2.63. The highest BCUT2D eigenvalue weighted by Crippen LogP contribution is 2.11. The number of carbonyl (C=O) groups excluding carboxylic acids is 1. The number of hydrogen-bond acceptors (Lipinski definition) is 4. The summed E-state index contributed by atoms with van der Waals surface area (Å²) in [5.41, 5.74) is 0. The van der Waals surface area contributed by atoms with Crippen LogP contribution in [-0.2, 0) is 4.79 Å². The van der Waals surface area contributed by atoms with Gasteiger partial charge in [0.15, 0.2) is 5.78 Å². The Morgan fingerprint density at radius 2 is 1.28 bits per heavy atom. The molecule has 0 aliphatic rings. The number of carbonyl (C=O) groups is 1. The summed E-state index contributed by atoms with van der Waals surface area (Å²) in [5, 5.41) is 27.3. The number of aliphatic hydroxyl groups excluding tert-OH is 3. The van der Waals surface area contributed by atoms with E-state index in [9.17, 15) is 15.0 Å². The maximum absolute atomic E-state index is 11.5. The molecule has 0 aromatic heterocycles. The van der Waals surface area contributed by atoms with Crippen LogP contribution in [0.3, 0.4) is 0 Å². The van der Waals surface area contributed by atoms with E-state index in [4.69, 9.17) is 5.11 Å². The molecule has 0 aromatic rings. The fourth-order valence-electron chi connectivity index (χ4n) is 2.83. The van der Waals surface area contributed by atoms with Gasteiger partial charge in [0.1, 0.15) is 12.2 Å². The number of Topliss-reactive ketones (excluding diaryl/α,β-unsaturated/α-hetero) is 1. The van der Waals surface area contributed by atoms with E-state index >= 15 is 0 Å². The lowest BCUT2D eigenvalue weighted by Crippen LogP contribution is -2.36. The van der Waals surface area contributed by atoms with E-state index in [0.29, 0.717) is 0 Å². The van der Waals surface area contributed by atoms with Crippen LogP contribution in [0.2, 0.25) is 0 Å². The van der Waals surface area contributed by atoms with Gasteiger partial charge in [-0.05, 0) is 32.1 Å². The molecular weight excluding hydrogens is 316 g/mol. The first-order valence-corrected chi connectivity index (χ1v) is 10.3. The van der Waals surface area contributed by atoms with Crippen molar-refractivity contribution in [1.29, 1.82) is 0 Å². The zero-order chi connectivity index (χ0) is 18.8. The molecule has 0 spiro atoms. The molecule has 4 nitrogen and oxygen atoms in total. The van der Waals surface area contributed by atoms with Crippen LogP contribution in [0.4, 0.5) is 0 Å². The Morgan fingerprint density at radius 1 is 0.800 bits per heavy atom. The SMILES string of the molecule is CCCCCCCC/C=C\CCCCCCCC(=O)C(O)[C@@H](O)CO. The van der Waals surface area contributed by atoms with Crippen molar-refractivity contribution in [3.63, 3.8) is 0 Å². The molecule has 0 rings (SSSR count). The third kappa shape index (κ3) is 15.3. The highest BCUT2D eigenvalue weighted by molar-refractivity contribution is 5.83. The lowest BCUT2D eigenvalue weighted by molar-refractivity contribution is -0.134. The summed E-state index contributed by atoms with van der Waals surface area (Å²) in [7, 11) is 0. The summed E-state index contributed by atoms with van der Waals surface area (Å²) in [6.07, 6.45) is 17.7. The average molecular weight is 357 g/mol. The summed E-state index contributed by atoms with van der Waals surface area (Å²) in [5.74, 6) is -0.376. The van der Waals surface area contributed by atoms with Crippen molar-refractivity contribution in [2.24, 2.45) is 0 Å². The molecule has 0 fully saturated rings. The second-order valence-corrected chi connectivity index (χ2v) is 7.00. The first kappa shape index (κ1) is 24.3. The molecule has 0 bridgehead atoms. The minimum atomic E-state index is -1.44. The predicted octanol–water partition coefficient (Wildman–Crippen LogP) is 4.31. The van der Waals surface area contributed by atoms with E-state index in [1.165, 1.54) is 51.4 Å². The van der Waals surface area contributed by atoms with E-state index in [-0.39, 0.29) is 12.2 Å². The monoisotopic (exact) mass is 356 g/mol. The zero-order valence-corrected chi connectivity index (χ0v) is 16.2. The van der Waals surface area contributed by atoms with E-state index in [1.54, 1.807) is 0 Å². The normalized spacial score (nSPS) is 14.1. The molecule has 0 amide bonds. The number of aliphatic hydroxyl groups is 3. The number of rotatable bonds is 18. The van der Waals surface area contributed by atoms with Crippen molar-refractivity contribution in [2.75, 3.05) is 6.61 Å². The van der Waals surface area contributed by atoms with Crippen molar-refractivity contribution in [2.45, 2.75) is 109 Å². The summed E-state index contributed by atoms with van der Waals surface area (Å²) >= 11 is 0. The Hall–Kier alpha value is -0.710. The Bertz CT molecular complexity index is 328. The van der Waals surface area contributed by atoms with E-state index in [2.05, 4.69) is 19.1 Å². The largest absolute Gasteiger partial charge is 0.394 e. The lowest BCUT2D eigenvalue weighted by atomic mass is 10.0. The molecule has 148 valence electrons. The lowest BCUT2D eigenvalue weighted by Gasteiger charge is -2.13. The molecular formula is C21H40O4. The number of ketones is 1. The van der Waals surface area contributed by atoms with Crippen LogP contribution in [0.1, 0.15) is 96.8 Å². The summed E-state index contributed by atoms with van der Waals surface area (Å²) in [6, 6.07) is 0. The van der Waals surface area contributed by atoms with Crippen LogP contribution in [-0.4, -0.2) is 39.9 Å². The van der Waals surface area contributed by atoms with Gasteiger partial charge < -0.3 is 15.3 Å². The molecule has 3 N–H and O–H groups in total. The predicted molar refractivity (Wildman–Crippen MR) is 104 cm³/mol. The van der Waals surface area contributed by atoms with E-state index in [0.717, 1.165) is 32.1 Å². The molecule has 1 unspecified atom stereocenters. The first-order chi connectivity index (χ1) is 12.1. The van der Waals surface area contributed by atoms with E-state index < -0.39 is 18.8 Å². The Kier molecular flexibility index (Phi) is 17.6. The van der Waals surface area contributed by atoms with Gasteiger partial charge in [0, 0.05) is 6.42 Å². The Morgan fingerprint density at radius 3 is 1.80 bits per heavy atom. The molecule has 0 aromatic carbocycles. The highest BCUT2D eigenvalue weighted by Gasteiger charge is 2.22. The van der Waals surface area contributed by atoms with Crippen LogP contribution < -0.4 is 0 Å². The smallest absolute Gasteiger partial charge is 0.164 e. The van der Waals surface area contributed by atoms with Crippen molar-refractivity contribution in [1.82, 2.24) is 0 Å². The van der Waals surface area contributed by atoms with Gasteiger partial charge in [-0.3, -0.25) is 4.79 Å². The van der Waals surface area contributed by atoms with Gasteiger partial charge in [-0.15, -0.1) is 0 Å². The molecule has 0 heterocycles. The van der Waals surface area contributed by atoms with Gasteiger partial charge in [-0.2, -0.15) is 0 Å². The fourth-order valence-corrected chi connectivity index (χ4v) is 2.83. The second kappa shape index (κ2) is 18.1. The van der Waals surface area contributed by atoms with Crippen LogP contribution in [0.5, 0.6) is 0 Å². The topological polar surface area (TPSA) is 77.8 Å². The summed E-state index contributed by atoms with van der Waals surface area (Å²) in [6.45, 7) is 1.66. The third-order valence-corrected chi connectivity index (χ3v) is 4.57. The van der Waals surface area contributed by atoms with Gasteiger partial charge in [0.2, 0.25) is 0 Å². The molecule has 0 aliphatic carbocycles. The van der Waals surface area contributed by atoms with Crippen LogP contribution in [0.15, 0.2) is 12.2 Å². The van der Waals surface area contributed by atoms with Crippen molar-refractivity contribution >= 4 is 5.78 Å². The maximum atomic E-state index is 11.5. The third-order valence-electron chi connectivity index (χ3n) is 4.57. The van der Waals surface area contributed by atoms with Gasteiger partial charge in [-0.25, -0.2) is 0 Å². The number of hydrogen-bond donors (Lipinski definition) is 3. The van der Waals surface area contributed by atoms with Gasteiger partial charge in [-0.1, -0.05) is 70.4 Å². The Balaban J connectivity index is 3.33. The second-order valence-electron chi connectivity index (χ2n) is 7.00. The van der Waals surface area contributed by atoms with Crippen LogP contribution >= 0.6 is 0 Å². The number of allylic oxidation sites excluding steroid dienone is 2. The zero-order valence-electron chi connectivity index (χ0n) is 16.2. The summed E-state index contributed by atoms with van der Waals surface area (Å²) < 4.78 is 0. The van der Waals surface area contributed by atoms with Gasteiger partial charge in [0.25, 0.3) is 0 Å². The quantitative estimate of drug-likeness (QED) is 0.253. The number of unbranched alkanes of at least 4 members (excludes halogenated alkanes) is 11. The summed E-state index contributed by atoms with van der Waals surface area (Å²) in [4.78, 5) is 11.5. The maximum Gasteiger partial charge on any atom is 0.164 e. The minimum Gasteiger partial charge on any atom is -0.394 e. The molecule has 0 saturated carbocycles. The first-order valence-electron chi connectivity index (χ1n) is 10.3. The van der Waals surface area contributed by atoms with Crippen molar-refractivity contribution in [3.05, 3.63) is 12.2 Å². The van der Waals surface area contributed by atoms with Gasteiger partial charge >= 0.3 is 0 Å². The molecule has 4 heteroatoms. The van der Waals surface area contributed by atoms with Crippen molar-refractivity contribution in [3.8, 4) is 0 Å². The standard InChI is InChI=1S/C21H40O4/c1-2-3-4-5-6-7-8-9-10-11-12-13-14-15-16-17-19(23)21(25)20(24)18-22/h9-10,20-22,24-25H,2-8,11-18H2,1H3/b10-9-/t20-,21?/m0/s1. The van der Waals surface area contributed by atoms with Gasteiger partial charge in [0.05, 0.1) is 6.61 Å². The molecule has 2 atom stereocenters. The van der Waals surface area contributed by atoms with Crippen LogP contribution in [0.25, 0.3) is 0 Å². The molecule has 25 heavy (non-hydrogen) atoms. The molecule has 0 aliphatic heterocycles. The molecule has 0 saturated heterocycles. The Labute approximate surface area is 154 Å². The fraction of sp³-hybridized carbons (Fsp3) is 0.857. The molecule has 0 radical (unpaired) electrons. The van der Waals surface area contributed by atoms with E-state index in [1.807, 2.05) is 0 Å². The minimum absolute atomic E-state index is 0.274. The highest BCUT2D eigenvalue weighted by atomic mass is 16.4.